The van der Waals surface area contributed by atoms with Crippen molar-refractivity contribution in [3.8, 4) is 0 Å². The lowest BCUT2D eigenvalue weighted by atomic mass is 10.0. The molecule has 0 saturated carbocycles. The second-order valence-electron chi connectivity index (χ2n) is 9.21. The van der Waals surface area contributed by atoms with Crippen molar-refractivity contribution >= 4 is 40.2 Å². The Balaban J connectivity index is 0.000000146. The number of nitrogens with zero attached hydrogens (tertiary/aromatic N) is 3. The summed E-state index contributed by atoms with van der Waals surface area (Å²) in [5.74, 6) is 0. The van der Waals surface area contributed by atoms with Gasteiger partial charge in [0.05, 0.1) is 15.6 Å². The average molecular weight is 499 g/mol. The van der Waals surface area contributed by atoms with Gasteiger partial charge in [0.15, 0.2) is 0 Å². The third kappa shape index (κ3) is 8.39. The zero-order valence-electron chi connectivity index (χ0n) is 20.5. The zero-order valence-corrected chi connectivity index (χ0v) is 22.0. The minimum Gasteiger partial charge on any atom is -0.306 e. The van der Waals surface area contributed by atoms with Crippen LogP contribution in [0, 0.1) is 6.92 Å². The Labute approximate surface area is 215 Å². The number of hydrogen-bond donors (Lipinski definition) is 0. The molecule has 0 amide bonds. The molecule has 2 aliphatic rings. The van der Waals surface area contributed by atoms with E-state index in [2.05, 4.69) is 40.5 Å². The van der Waals surface area contributed by atoms with Gasteiger partial charge in [-0.1, -0.05) is 60.5 Å². The number of benzene rings is 2. The molecule has 5 heteroatoms. The number of fused-ring (bicyclic) bond motifs is 1. The van der Waals surface area contributed by atoms with Gasteiger partial charge in [-0.15, -0.1) is 0 Å². The van der Waals surface area contributed by atoms with E-state index in [1.807, 2.05) is 43.3 Å². The van der Waals surface area contributed by atoms with Crippen LogP contribution in [-0.4, -0.2) is 54.1 Å². The van der Waals surface area contributed by atoms with Crippen molar-refractivity contribution < 1.29 is 0 Å². The standard InChI is InChI=1S/C11H22N2.C11H9N.C7H6Cl2/c1-12-9-5-11(6-10-12)13-7-3-2-4-8-13;1-2-9-5-6-11-10(8-9)4-3-7-12-11;1-5-2-3-6(8)7(9)4-5/h11H,2-10H2,1H3;2-8H,1H2;2-4H,1H3. The molecule has 3 heterocycles. The van der Waals surface area contributed by atoms with Gasteiger partial charge in [-0.25, -0.2) is 0 Å². The van der Waals surface area contributed by atoms with Gasteiger partial charge in [-0.2, -0.15) is 0 Å². The summed E-state index contributed by atoms with van der Waals surface area (Å²) in [7, 11) is 2.24. The molecule has 3 nitrogen and oxygen atoms in total. The fraction of sp³-hybridized carbons (Fsp3) is 0.414. The highest BCUT2D eigenvalue weighted by Crippen LogP contribution is 2.22. The highest BCUT2D eigenvalue weighted by atomic mass is 35.5. The van der Waals surface area contributed by atoms with Crippen LogP contribution in [-0.2, 0) is 0 Å². The summed E-state index contributed by atoms with van der Waals surface area (Å²) in [6.45, 7) is 11.0. The fourth-order valence-corrected chi connectivity index (χ4v) is 4.82. The smallest absolute Gasteiger partial charge is 0.0702 e. The van der Waals surface area contributed by atoms with Gasteiger partial charge in [0, 0.05) is 17.6 Å². The third-order valence-electron chi connectivity index (χ3n) is 6.53. The molecular formula is C29H37Cl2N3. The minimum atomic E-state index is 0.613. The van der Waals surface area contributed by atoms with E-state index in [0.29, 0.717) is 10.0 Å². The van der Waals surface area contributed by atoms with Crippen molar-refractivity contribution in [1.82, 2.24) is 14.8 Å². The van der Waals surface area contributed by atoms with Gasteiger partial charge in [0.2, 0.25) is 0 Å². The number of piperidine rings is 2. The zero-order chi connectivity index (χ0) is 24.3. The van der Waals surface area contributed by atoms with E-state index in [1.165, 1.54) is 58.3 Å². The molecule has 2 fully saturated rings. The van der Waals surface area contributed by atoms with Crippen LogP contribution in [0.2, 0.25) is 10.0 Å². The van der Waals surface area contributed by atoms with E-state index in [4.69, 9.17) is 23.2 Å². The van der Waals surface area contributed by atoms with Gasteiger partial charge in [-0.05, 0) is 107 Å². The van der Waals surface area contributed by atoms with E-state index in [9.17, 15) is 0 Å². The molecule has 0 N–H and O–H groups in total. The quantitative estimate of drug-likeness (QED) is 0.360. The van der Waals surface area contributed by atoms with Crippen molar-refractivity contribution in [3.63, 3.8) is 0 Å². The Bertz CT molecular complexity index is 1040. The van der Waals surface area contributed by atoms with Crippen LogP contribution in [0.4, 0.5) is 0 Å². The Morgan fingerprint density at radius 3 is 2.29 bits per heavy atom. The van der Waals surface area contributed by atoms with Crippen LogP contribution in [0.3, 0.4) is 0 Å². The highest BCUT2D eigenvalue weighted by molar-refractivity contribution is 6.42. The molecule has 2 aliphatic heterocycles. The van der Waals surface area contributed by atoms with Gasteiger partial charge in [0.1, 0.15) is 0 Å². The second-order valence-corrected chi connectivity index (χ2v) is 10.0. The molecule has 2 aromatic carbocycles. The van der Waals surface area contributed by atoms with Crippen molar-refractivity contribution in [1.29, 1.82) is 0 Å². The van der Waals surface area contributed by atoms with Gasteiger partial charge in [0.25, 0.3) is 0 Å². The lowest BCUT2D eigenvalue weighted by Crippen LogP contribution is -2.45. The van der Waals surface area contributed by atoms with E-state index in [-0.39, 0.29) is 0 Å². The van der Waals surface area contributed by atoms with Crippen LogP contribution >= 0.6 is 23.2 Å². The number of halogens is 2. The average Bonchev–Trinajstić information content (AvgIpc) is 2.88. The Morgan fingerprint density at radius 1 is 0.912 bits per heavy atom. The van der Waals surface area contributed by atoms with Gasteiger partial charge >= 0.3 is 0 Å². The first-order valence-corrected chi connectivity index (χ1v) is 13.0. The maximum absolute atomic E-state index is 5.68. The largest absolute Gasteiger partial charge is 0.306 e. The predicted octanol–water partition coefficient (Wildman–Crippen LogP) is 7.75. The summed E-state index contributed by atoms with van der Waals surface area (Å²) in [6, 6.07) is 16.6. The topological polar surface area (TPSA) is 19.4 Å². The lowest BCUT2D eigenvalue weighted by molar-refractivity contribution is 0.103. The normalized spacial score (nSPS) is 17.3. The van der Waals surface area contributed by atoms with Crippen LogP contribution < -0.4 is 0 Å². The molecule has 0 atom stereocenters. The molecule has 2 saturated heterocycles. The van der Waals surface area contributed by atoms with E-state index >= 15 is 0 Å². The molecule has 0 bridgehead atoms. The monoisotopic (exact) mass is 497 g/mol. The second kappa shape index (κ2) is 13.8. The summed E-state index contributed by atoms with van der Waals surface area (Å²) in [5, 5.41) is 2.40. The van der Waals surface area contributed by atoms with Gasteiger partial charge in [-0.3, -0.25) is 4.98 Å². The van der Waals surface area contributed by atoms with E-state index in [1.54, 1.807) is 12.3 Å². The molecule has 0 spiro atoms. The van der Waals surface area contributed by atoms with Crippen LogP contribution in [0.15, 0.2) is 61.3 Å². The van der Waals surface area contributed by atoms with Crippen molar-refractivity contribution in [2.45, 2.75) is 45.1 Å². The summed E-state index contributed by atoms with van der Waals surface area (Å²) >= 11 is 11.3. The molecule has 3 aromatic rings. The molecule has 0 radical (unpaired) electrons. The first-order chi connectivity index (χ1) is 16.5. The summed E-state index contributed by atoms with van der Waals surface area (Å²) in [4.78, 5) is 9.41. The van der Waals surface area contributed by atoms with Crippen LogP contribution in [0.1, 0.15) is 43.2 Å². The third-order valence-corrected chi connectivity index (χ3v) is 7.27. The molecular weight excluding hydrogens is 461 g/mol. The molecule has 0 aliphatic carbocycles. The van der Waals surface area contributed by atoms with Crippen LogP contribution in [0.25, 0.3) is 17.0 Å². The Morgan fingerprint density at radius 2 is 1.65 bits per heavy atom. The van der Waals surface area contributed by atoms with Gasteiger partial charge < -0.3 is 9.80 Å². The van der Waals surface area contributed by atoms with Crippen molar-refractivity contribution in [2.75, 3.05) is 33.2 Å². The van der Waals surface area contributed by atoms with E-state index in [0.717, 1.165) is 28.1 Å². The van der Waals surface area contributed by atoms with Crippen molar-refractivity contribution in [3.05, 3.63) is 82.5 Å². The lowest BCUT2D eigenvalue weighted by Gasteiger charge is -2.39. The van der Waals surface area contributed by atoms with Crippen molar-refractivity contribution in [2.24, 2.45) is 0 Å². The van der Waals surface area contributed by atoms with E-state index < -0.39 is 0 Å². The summed E-state index contributed by atoms with van der Waals surface area (Å²) < 4.78 is 0. The fourth-order valence-electron chi connectivity index (χ4n) is 4.47. The number of likely N-dealkylation sites (tertiary alicyclic amines) is 2. The number of rotatable bonds is 2. The first-order valence-electron chi connectivity index (χ1n) is 12.3. The Kier molecular flexibility index (Phi) is 10.9. The predicted molar refractivity (Wildman–Crippen MR) is 149 cm³/mol. The summed E-state index contributed by atoms with van der Waals surface area (Å²) in [5.41, 5.74) is 3.29. The number of aromatic nitrogens is 1. The first kappa shape index (κ1) is 26.7. The minimum absolute atomic E-state index is 0.613. The number of hydrogen-bond acceptors (Lipinski definition) is 3. The number of pyridine rings is 1. The molecule has 182 valence electrons. The maximum Gasteiger partial charge on any atom is 0.0702 e. The highest BCUT2D eigenvalue weighted by Gasteiger charge is 2.23. The SMILES string of the molecule is C=Cc1ccc2ncccc2c1.CN1CCC(N2CCCCC2)CC1.Cc1ccc(Cl)c(Cl)c1. The molecule has 0 unspecified atom stereocenters. The maximum atomic E-state index is 5.68. The summed E-state index contributed by atoms with van der Waals surface area (Å²) in [6.07, 6.45) is 10.8. The Hall–Kier alpha value is -1.91. The van der Waals surface area contributed by atoms with Crippen LogP contribution in [0.5, 0.6) is 0 Å². The molecule has 1 aromatic heterocycles. The number of aryl methyl sites for hydroxylation is 1. The molecule has 34 heavy (non-hydrogen) atoms. The molecule has 5 rings (SSSR count).